The summed E-state index contributed by atoms with van der Waals surface area (Å²) in [6.07, 6.45) is 1.76. The van der Waals surface area contributed by atoms with Gasteiger partial charge >= 0.3 is 5.97 Å². The van der Waals surface area contributed by atoms with Gasteiger partial charge in [0.2, 0.25) is 5.88 Å². The number of carbonyl (C=O) groups is 2. The van der Waals surface area contributed by atoms with E-state index in [1.54, 1.807) is 6.07 Å². The van der Waals surface area contributed by atoms with E-state index in [-0.39, 0.29) is 23.3 Å². The molecule has 34 heavy (non-hydrogen) atoms. The number of thiazole rings is 1. The van der Waals surface area contributed by atoms with E-state index in [1.165, 1.54) is 11.3 Å². The molecule has 8 nitrogen and oxygen atoms in total. The molecule has 0 atom stereocenters. The fourth-order valence-electron chi connectivity index (χ4n) is 4.16. The van der Waals surface area contributed by atoms with Crippen LogP contribution in [0.1, 0.15) is 49.0 Å². The second-order valence-electron chi connectivity index (χ2n) is 9.05. The van der Waals surface area contributed by atoms with E-state index in [1.807, 2.05) is 51.1 Å². The normalized spacial score (nSPS) is 16.2. The number of nitrogens with zero attached hydrogens (tertiary/aromatic N) is 3. The minimum absolute atomic E-state index is 0.0733. The maximum absolute atomic E-state index is 12.6. The average Bonchev–Trinajstić information content (AvgIpc) is 3.21. The summed E-state index contributed by atoms with van der Waals surface area (Å²) in [5.74, 6) is 0.662. The van der Waals surface area contributed by atoms with E-state index in [9.17, 15) is 9.59 Å². The maximum atomic E-state index is 12.6. The lowest BCUT2D eigenvalue weighted by molar-refractivity contribution is -0.134. The average molecular weight is 479 g/mol. The highest BCUT2D eigenvalue weighted by atomic mass is 32.1. The number of benzene rings is 1. The summed E-state index contributed by atoms with van der Waals surface area (Å²) in [7, 11) is 0. The van der Waals surface area contributed by atoms with Crippen LogP contribution >= 0.6 is 11.3 Å². The summed E-state index contributed by atoms with van der Waals surface area (Å²) in [6.45, 7) is 7.08. The van der Waals surface area contributed by atoms with Gasteiger partial charge in [-0.25, -0.2) is 9.97 Å². The van der Waals surface area contributed by atoms with Crippen LogP contribution in [0.3, 0.4) is 0 Å². The van der Waals surface area contributed by atoms with Crippen LogP contribution < -0.4 is 19.7 Å². The SMILES string of the molecule is CCCC(=O)Oc1cccc(-c2ccc3c(c2)N(c2nc4c(s2)C(=O)NC(C)(C)C4)CCO3)n1. The number of hydrogen-bond donors (Lipinski definition) is 1. The molecule has 9 heteroatoms. The fraction of sp³-hybridized carbons (Fsp3) is 0.360. The van der Waals surface area contributed by atoms with E-state index in [0.717, 1.165) is 34.2 Å². The smallest absolute Gasteiger partial charge is 0.312 e. The van der Waals surface area contributed by atoms with E-state index < -0.39 is 0 Å². The highest BCUT2D eigenvalue weighted by Gasteiger charge is 2.34. The molecule has 0 aliphatic carbocycles. The Hall–Kier alpha value is -3.46. The molecule has 0 radical (unpaired) electrons. The Bertz CT molecular complexity index is 1270. The highest BCUT2D eigenvalue weighted by molar-refractivity contribution is 7.17. The molecule has 0 saturated heterocycles. The first-order valence-corrected chi connectivity index (χ1v) is 12.2. The van der Waals surface area contributed by atoms with E-state index in [4.69, 9.17) is 14.5 Å². The number of ether oxygens (including phenoxy) is 2. The van der Waals surface area contributed by atoms with Gasteiger partial charge in [-0.2, -0.15) is 0 Å². The Labute approximate surface area is 201 Å². The zero-order valence-electron chi connectivity index (χ0n) is 19.4. The van der Waals surface area contributed by atoms with Gasteiger partial charge in [0, 0.05) is 30.0 Å². The lowest BCUT2D eigenvalue weighted by Crippen LogP contribution is -2.48. The van der Waals surface area contributed by atoms with Crippen molar-refractivity contribution in [1.29, 1.82) is 0 Å². The van der Waals surface area contributed by atoms with Crippen molar-refractivity contribution in [2.75, 3.05) is 18.1 Å². The Morgan fingerprint density at radius 2 is 2.12 bits per heavy atom. The van der Waals surface area contributed by atoms with Gasteiger partial charge in [-0.15, -0.1) is 0 Å². The number of aromatic nitrogens is 2. The van der Waals surface area contributed by atoms with Crippen molar-refractivity contribution >= 4 is 34.0 Å². The minimum atomic E-state index is -0.317. The number of amides is 1. The summed E-state index contributed by atoms with van der Waals surface area (Å²) >= 11 is 1.40. The summed E-state index contributed by atoms with van der Waals surface area (Å²) < 4.78 is 11.3. The Morgan fingerprint density at radius 3 is 2.94 bits per heavy atom. The quantitative estimate of drug-likeness (QED) is 0.540. The summed E-state index contributed by atoms with van der Waals surface area (Å²) in [4.78, 5) is 36.6. The molecule has 0 fully saturated rings. The van der Waals surface area contributed by atoms with Crippen LogP contribution in [0.4, 0.5) is 10.8 Å². The largest absolute Gasteiger partial charge is 0.490 e. The summed E-state index contributed by atoms with van der Waals surface area (Å²) in [6, 6.07) is 11.2. The molecule has 5 rings (SSSR count). The van der Waals surface area contributed by atoms with Crippen molar-refractivity contribution in [2.45, 2.75) is 45.6 Å². The van der Waals surface area contributed by atoms with Crippen LogP contribution in [0.25, 0.3) is 11.3 Å². The van der Waals surface area contributed by atoms with Crippen LogP contribution in [0.2, 0.25) is 0 Å². The summed E-state index contributed by atoms with van der Waals surface area (Å²) in [5, 5.41) is 3.82. The number of nitrogens with one attached hydrogen (secondary N) is 1. The van der Waals surface area contributed by atoms with Crippen LogP contribution in [0.5, 0.6) is 11.6 Å². The molecule has 1 amide bonds. The minimum Gasteiger partial charge on any atom is -0.490 e. The highest BCUT2D eigenvalue weighted by Crippen LogP contribution is 2.42. The Balaban J connectivity index is 1.47. The molecule has 1 aromatic carbocycles. The molecule has 2 aliphatic rings. The Morgan fingerprint density at radius 1 is 1.26 bits per heavy atom. The number of esters is 1. The molecule has 2 aromatic heterocycles. The van der Waals surface area contributed by atoms with Crippen molar-refractivity contribution in [2.24, 2.45) is 0 Å². The molecule has 2 aliphatic heterocycles. The molecule has 0 saturated carbocycles. The van der Waals surface area contributed by atoms with Gasteiger partial charge in [0.1, 0.15) is 17.2 Å². The molecule has 176 valence electrons. The number of rotatable bonds is 5. The first-order chi connectivity index (χ1) is 16.3. The van der Waals surface area contributed by atoms with Crippen LogP contribution in [0, 0.1) is 0 Å². The molecule has 3 aromatic rings. The second-order valence-corrected chi connectivity index (χ2v) is 10.0. The zero-order valence-corrected chi connectivity index (χ0v) is 20.2. The van der Waals surface area contributed by atoms with Crippen LogP contribution in [0.15, 0.2) is 36.4 Å². The first kappa shape index (κ1) is 22.3. The third-order valence-corrected chi connectivity index (χ3v) is 6.82. The molecular weight excluding hydrogens is 452 g/mol. The van der Waals surface area contributed by atoms with Gasteiger partial charge in [0.25, 0.3) is 5.91 Å². The van der Waals surface area contributed by atoms with Gasteiger partial charge in [-0.3, -0.25) is 9.59 Å². The fourth-order valence-corrected chi connectivity index (χ4v) is 5.18. The van der Waals surface area contributed by atoms with E-state index in [0.29, 0.717) is 36.6 Å². The van der Waals surface area contributed by atoms with Crippen molar-refractivity contribution in [1.82, 2.24) is 15.3 Å². The predicted octanol–water partition coefficient (Wildman–Crippen LogP) is 4.51. The Kier molecular flexibility index (Phi) is 5.73. The van der Waals surface area contributed by atoms with Crippen molar-refractivity contribution < 1.29 is 19.1 Å². The van der Waals surface area contributed by atoms with Gasteiger partial charge in [-0.1, -0.05) is 24.3 Å². The zero-order chi connectivity index (χ0) is 23.9. The van der Waals surface area contributed by atoms with Gasteiger partial charge < -0.3 is 19.7 Å². The number of anilines is 2. The predicted molar refractivity (Wildman–Crippen MR) is 130 cm³/mol. The van der Waals surface area contributed by atoms with Gasteiger partial charge in [-0.05, 0) is 44.5 Å². The van der Waals surface area contributed by atoms with Gasteiger partial charge in [0.15, 0.2) is 5.13 Å². The van der Waals surface area contributed by atoms with Crippen LogP contribution in [-0.2, 0) is 11.2 Å². The monoisotopic (exact) mass is 478 g/mol. The molecule has 4 heterocycles. The maximum Gasteiger partial charge on any atom is 0.312 e. The van der Waals surface area contributed by atoms with E-state index in [2.05, 4.69) is 15.2 Å². The van der Waals surface area contributed by atoms with Gasteiger partial charge in [0.05, 0.1) is 23.6 Å². The third kappa shape index (κ3) is 4.35. The summed E-state index contributed by atoms with van der Waals surface area (Å²) in [5.41, 5.74) is 2.94. The third-order valence-electron chi connectivity index (χ3n) is 5.70. The van der Waals surface area contributed by atoms with Crippen molar-refractivity contribution in [3.05, 3.63) is 47.0 Å². The standard InChI is InChI=1S/C25H26N4O4S/c1-4-6-21(30)33-20-8-5-7-16(26-20)15-9-10-19-18(13-15)29(11-12-32-19)24-27-17-14-25(2,3)28-23(31)22(17)34-24/h5,7-10,13H,4,6,11-12,14H2,1-3H3,(H,28,31). The second kappa shape index (κ2) is 8.72. The molecule has 1 N–H and O–H groups in total. The first-order valence-electron chi connectivity index (χ1n) is 11.4. The lowest BCUT2D eigenvalue weighted by atomic mass is 9.94. The van der Waals surface area contributed by atoms with Crippen molar-refractivity contribution in [3.8, 4) is 22.9 Å². The molecule has 0 spiro atoms. The lowest BCUT2D eigenvalue weighted by Gasteiger charge is -2.29. The topological polar surface area (TPSA) is 93.7 Å². The number of fused-ring (bicyclic) bond motifs is 2. The van der Waals surface area contributed by atoms with E-state index >= 15 is 0 Å². The van der Waals surface area contributed by atoms with Crippen LogP contribution in [-0.4, -0.2) is 40.5 Å². The number of hydrogen-bond acceptors (Lipinski definition) is 8. The number of carbonyl (C=O) groups excluding carboxylic acids is 2. The molecule has 0 bridgehead atoms. The molecule has 0 unspecified atom stereocenters. The molecular formula is C25H26N4O4S. The number of pyridine rings is 1. The van der Waals surface area contributed by atoms with Crippen molar-refractivity contribution in [3.63, 3.8) is 0 Å².